The molecule has 0 heterocycles. The zero-order chi connectivity index (χ0) is 13.5. The highest BCUT2D eigenvalue weighted by Crippen LogP contribution is 2.11. The molecule has 18 heavy (non-hydrogen) atoms. The Morgan fingerprint density at radius 3 is 2.61 bits per heavy atom. The number of amides is 1. The van der Waals surface area contributed by atoms with E-state index in [2.05, 4.69) is 15.9 Å². The summed E-state index contributed by atoms with van der Waals surface area (Å²) in [6.07, 6.45) is 0.752. The van der Waals surface area contributed by atoms with Crippen LogP contribution in [-0.4, -0.2) is 35.8 Å². The van der Waals surface area contributed by atoms with E-state index < -0.39 is 0 Å². The highest BCUT2D eigenvalue weighted by Gasteiger charge is 2.16. The van der Waals surface area contributed by atoms with Gasteiger partial charge < -0.3 is 9.64 Å². The number of benzene rings is 1. The first-order chi connectivity index (χ1) is 8.54. The lowest BCUT2D eigenvalue weighted by Crippen LogP contribution is -2.35. The van der Waals surface area contributed by atoms with E-state index in [1.54, 1.807) is 24.1 Å². The van der Waals surface area contributed by atoms with Gasteiger partial charge in [-0.15, -0.1) is 0 Å². The molecule has 100 valence electrons. The first kappa shape index (κ1) is 15.0. The number of rotatable bonds is 6. The van der Waals surface area contributed by atoms with Gasteiger partial charge in [0.05, 0.1) is 11.4 Å². The largest absolute Gasteiger partial charge is 0.492 e. The number of carbonyl (C=O) groups is 1. The molecule has 0 N–H and O–H groups in total. The number of alkyl halides is 1. The fourth-order valence-electron chi connectivity index (χ4n) is 1.36. The van der Waals surface area contributed by atoms with E-state index in [0.29, 0.717) is 18.9 Å². The summed E-state index contributed by atoms with van der Waals surface area (Å²) >= 11 is 3.31. The van der Waals surface area contributed by atoms with Gasteiger partial charge in [-0.3, -0.25) is 4.79 Å². The fourth-order valence-corrected chi connectivity index (χ4v) is 1.70. The first-order valence-corrected chi connectivity index (χ1v) is 6.73. The molecule has 3 nitrogen and oxygen atoms in total. The molecule has 0 saturated carbocycles. The van der Waals surface area contributed by atoms with Crippen molar-refractivity contribution in [3.05, 3.63) is 30.1 Å². The number of ether oxygens (including phenoxy) is 1. The van der Waals surface area contributed by atoms with Crippen LogP contribution in [0.25, 0.3) is 0 Å². The summed E-state index contributed by atoms with van der Waals surface area (Å²) < 4.78 is 18.1. The molecule has 1 aromatic rings. The molecule has 1 unspecified atom stereocenters. The highest BCUT2D eigenvalue weighted by molar-refractivity contribution is 9.10. The van der Waals surface area contributed by atoms with Crippen molar-refractivity contribution < 1.29 is 13.9 Å². The van der Waals surface area contributed by atoms with E-state index in [0.717, 1.165) is 6.42 Å². The fraction of sp³-hybridized carbons (Fsp3) is 0.462. The van der Waals surface area contributed by atoms with E-state index >= 15 is 0 Å². The predicted molar refractivity (Wildman–Crippen MR) is 72.5 cm³/mol. The van der Waals surface area contributed by atoms with E-state index in [4.69, 9.17) is 4.74 Å². The number of nitrogens with zero attached hydrogens (tertiary/aromatic N) is 1. The maximum Gasteiger partial charge on any atom is 0.236 e. The Morgan fingerprint density at radius 2 is 2.06 bits per heavy atom. The average Bonchev–Trinajstić information content (AvgIpc) is 2.39. The lowest BCUT2D eigenvalue weighted by Gasteiger charge is -2.19. The van der Waals surface area contributed by atoms with Crippen molar-refractivity contribution in [2.45, 2.75) is 18.2 Å². The van der Waals surface area contributed by atoms with Gasteiger partial charge in [0.1, 0.15) is 18.2 Å². The molecule has 1 aromatic carbocycles. The summed E-state index contributed by atoms with van der Waals surface area (Å²) in [5.74, 6) is 0.350. The topological polar surface area (TPSA) is 29.5 Å². The highest BCUT2D eigenvalue weighted by atomic mass is 79.9. The van der Waals surface area contributed by atoms with Crippen LogP contribution in [0.4, 0.5) is 4.39 Å². The van der Waals surface area contributed by atoms with Crippen molar-refractivity contribution in [2.24, 2.45) is 0 Å². The number of carbonyl (C=O) groups excluding carboxylic acids is 1. The summed E-state index contributed by atoms with van der Waals surface area (Å²) in [7, 11) is 1.74. The Hall–Kier alpha value is -1.10. The lowest BCUT2D eigenvalue weighted by atomic mass is 10.3. The van der Waals surface area contributed by atoms with Crippen LogP contribution >= 0.6 is 15.9 Å². The monoisotopic (exact) mass is 317 g/mol. The van der Waals surface area contributed by atoms with Crippen molar-refractivity contribution in [2.75, 3.05) is 20.2 Å². The summed E-state index contributed by atoms with van der Waals surface area (Å²) in [5, 5.41) is 0. The molecule has 0 saturated heterocycles. The van der Waals surface area contributed by atoms with E-state index in [-0.39, 0.29) is 16.6 Å². The quantitative estimate of drug-likeness (QED) is 0.755. The second kappa shape index (κ2) is 7.36. The minimum Gasteiger partial charge on any atom is -0.492 e. The summed E-state index contributed by atoms with van der Waals surface area (Å²) in [5.41, 5.74) is 0. The molecule has 1 rings (SSSR count). The van der Waals surface area contributed by atoms with Crippen LogP contribution in [-0.2, 0) is 4.79 Å². The van der Waals surface area contributed by atoms with Crippen LogP contribution in [0, 0.1) is 5.82 Å². The molecular weight excluding hydrogens is 301 g/mol. The minimum absolute atomic E-state index is 0.0419. The molecule has 0 aromatic heterocycles. The van der Waals surface area contributed by atoms with Crippen LogP contribution in [0.5, 0.6) is 5.75 Å². The molecule has 0 radical (unpaired) electrons. The molecule has 0 aliphatic heterocycles. The molecule has 0 spiro atoms. The number of hydrogen-bond acceptors (Lipinski definition) is 2. The van der Waals surface area contributed by atoms with Gasteiger partial charge in [0.25, 0.3) is 0 Å². The summed E-state index contributed by atoms with van der Waals surface area (Å²) in [6, 6.07) is 5.82. The molecule has 0 aliphatic rings. The van der Waals surface area contributed by atoms with Crippen molar-refractivity contribution in [1.29, 1.82) is 0 Å². The number of hydrogen-bond donors (Lipinski definition) is 0. The zero-order valence-electron chi connectivity index (χ0n) is 10.5. The third-order valence-corrected chi connectivity index (χ3v) is 3.55. The third-order valence-electron chi connectivity index (χ3n) is 2.51. The number of likely N-dealkylation sites (N-methyl/N-ethyl adjacent to an activating group) is 1. The average molecular weight is 318 g/mol. The SMILES string of the molecule is CCC(Br)C(=O)N(C)CCOc1ccc(F)cc1. The summed E-state index contributed by atoms with van der Waals surface area (Å²) in [6.45, 7) is 2.83. The zero-order valence-corrected chi connectivity index (χ0v) is 12.1. The Bertz CT molecular complexity index is 383. The van der Waals surface area contributed by atoms with Gasteiger partial charge >= 0.3 is 0 Å². The first-order valence-electron chi connectivity index (χ1n) is 5.82. The molecule has 0 fully saturated rings. The maximum absolute atomic E-state index is 12.7. The maximum atomic E-state index is 12.7. The van der Waals surface area contributed by atoms with Gasteiger partial charge in [-0.1, -0.05) is 22.9 Å². The molecule has 0 bridgehead atoms. The van der Waals surface area contributed by atoms with Crippen molar-refractivity contribution >= 4 is 21.8 Å². The minimum atomic E-state index is -0.292. The van der Waals surface area contributed by atoms with Gasteiger partial charge in [0.2, 0.25) is 5.91 Å². The van der Waals surface area contributed by atoms with E-state index in [1.807, 2.05) is 6.92 Å². The Labute approximate surface area is 115 Å². The predicted octanol–water partition coefficient (Wildman–Crippen LogP) is 2.84. The Kier molecular flexibility index (Phi) is 6.12. The molecular formula is C13H17BrFNO2. The van der Waals surface area contributed by atoms with Crippen LogP contribution in [0.1, 0.15) is 13.3 Å². The second-order valence-corrected chi connectivity index (χ2v) is 5.04. The molecule has 5 heteroatoms. The second-order valence-electron chi connectivity index (χ2n) is 3.94. The molecule has 0 aliphatic carbocycles. The van der Waals surface area contributed by atoms with Crippen molar-refractivity contribution in [3.63, 3.8) is 0 Å². The summed E-state index contributed by atoms with van der Waals surface area (Å²) in [4.78, 5) is 13.2. The normalized spacial score (nSPS) is 12.0. The van der Waals surface area contributed by atoms with Gasteiger partial charge in [-0.05, 0) is 30.7 Å². The van der Waals surface area contributed by atoms with Crippen LogP contribution in [0.15, 0.2) is 24.3 Å². The standard InChI is InChI=1S/C13H17BrFNO2/c1-3-12(14)13(17)16(2)8-9-18-11-6-4-10(15)5-7-11/h4-7,12H,3,8-9H2,1-2H3. The van der Waals surface area contributed by atoms with Crippen LogP contribution < -0.4 is 4.74 Å². The third kappa shape index (κ3) is 4.64. The van der Waals surface area contributed by atoms with Crippen LogP contribution in [0.2, 0.25) is 0 Å². The van der Waals surface area contributed by atoms with Crippen LogP contribution in [0.3, 0.4) is 0 Å². The van der Waals surface area contributed by atoms with E-state index in [1.165, 1.54) is 12.1 Å². The number of halogens is 2. The Balaban J connectivity index is 2.33. The lowest BCUT2D eigenvalue weighted by molar-refractivity contribution is -0.129. The van der Waals surface area contributed by atoms with E-state index in [9.17, 15) is 9.18 Å². The van der Waals surface area contributed by atoms with Gasteiger partial charge in [-0.2, -0.15) is 0 Å². The Morgan fingerprint density at radius 1 is 1.44 bits per heavy atom. The van der Waals surface area contributed by atoms with Gasteiger partial charge in [0.15, 0.2) is 0 Å². The van der Waals surface area contributed by atoms with Gasteiger partial charge in [-0.25, -0.2) is 4.39 Å². The van der Waals surface area contributed by atoms with Gasteiger partial charge in [0, 0.05) is 7.05 Å². The molecule has 1 atom stereocenters. The van der Waals surface area contributed by atoms with Crippen molar-refractivity contribution in [3.8, 4) is 5.75 Å². The molecule has 1 amide bonds. The van der Waals surface area contributed by atoms with Crippen molar-refractivity contribution in [1.82, 2.24) is 4.90 Å². The smallest absolute Gasteiger partial charge is 0.236 e.